The van der Waals surface area contributed by atoms with Crippen molar-refractivity contribution in [1.82, 2.24) is 4.98 Å². The second-order valence-corrected chi connectivity index (χ2v) is 6.19. The molecule has 0 N–H and O–H groups in total. The Morgan fingerprint density at radius 3 is 2.43 bits per heavy atom. The average molecular weight is 318 g/mol. The minimum absolute atomic E-state index is 0.259. The zero-order chi connectivity index (χ0) is 17.0. The fraction of sp³-hybridized carbons (Fsp3) is 0.412. The Morgan fingerprint density at radius 1 is 1.26 bits per heavy atom. The Morgan fingerprint density at radius 2 is 1.91 bits per heavy atom. The van der Waals surface area contributed by atoms with Crippen LogP contribution in [-0.4, -0.2) is 23.7 Å². The van der Waals surface area contributed by atoms with Crippen LogP contribution in [0.25, 0.3) is 0 Å². The standard InChI is InChI=1S/C17H22N2O4/c1-12-10-18-15(22-12)11-21-14-8-6-13(7-9-14)19(5)16(20)23-17(2,3)4/h6-10H,11H2,1-5H3. The van der Waals surface area contributed by atoms with Gasteiger partial charge in [-0.05, 0) is 52.0 Å². The number of anilines is 1. The summed E-state index contributed by atoms with van der Waals surface area (Å²) in [4.78, 5) is 17.5. The Balaban J connectivity index is 1.94. The summed E-state index contributed by atoms with van der Waals surface area (Å²) in [6.45, 7) is 7.59. The molecule has 1 aromatic heterocycles. The maximum atomic E-state index is 12.0. The fourth-order valence-corrected chi connectivity index (χ4v) is 1.82. The zero-order valence-corrected chi connectivity index (χ0v) is 14.1. The molecule has 0 saturated heterocycles. The van der Waals surface area contributed by atoms with Crippen LogP contribution in [0.15, 0.2) is 34.9 Å². The summed E-state index contributed by atoms with van der Waals surface area (Å²) >= 11 is 0. The van der Waals surface area contributed by atoms with Crippen molar-refractivity contribution in [3.63, 3.8) is 0 Å². The van der Waals surface area contributed by atoms with Crippen LogP contribution in [0.1, 0.15) is 32.4 Å². The van der Waals surface area contributed by atoms with Gasteiger partial charge in [0.05, 0.1) is 6.20 Å². The van der Waals surface area contributed by atoms with E-state index in [1.807, 2.05) is 27.7 Å². The topological polar surface area (TPSA) is 64.8 Å². The van der Waals surface area contributed by atoms with Crippen LogP contribution in [0.4, 0.5) is 10.5 Å². The molecular formula is C17H22N2O4. The van der Waals surface area contributed by atoms with E-state index >= 15 is 0 Å². The van der Waals surface area contributed by atoms with E-state index in [1.54, 1.807) is 37.5 Å². The Kier molecular flexibility index (Phi) is 4.93. The third-order valence-electron chi connectivity index (χ3n) is 2.92. The van der Waals surface area contributed by atoms with Crippen LogP contribution in [0.2, 0.25) is 0 Å². The van der Waals surface area contributed by atoms with Crippen LogP contribution in [-0.2, 0) is 11.3 Å². The lowest BCUT2D eigenvalue weighted by Gasteiger charge is -2.24. The van der Waals surface area contributed by atoms with Crippen LogP contribution < -0.4 is 9.64 Å². The van der Waals surface area contributed by atoms with Crippen molar-refractivity contribution in [2.75, 3.05) is 11.9 Å². The molecule has 124 valence electrons. The monoisotopic (exact) mass is 318 g/mol. The van der Waals surface area contributed by atoms with E-state index in [4.69, 9.17) is 13.9 Å². The summed E-state index contributed by atoms with van der Waals surface area (Å²) in [5.41, 5.74) is 0.196. The van der Waals surface area contributed by atoms with Gasteiger partial charge in [0.25, 0.3) is 0 Å². The third-order valence-corrected chi connectivity index (χ3v) is 2.92. The van der Waals surface area contributed by atoms with E-state index in [0.717, 1.165) is 11.4 Å². The largest absolute Gasteiger partial charge is 0.484 e. The highest BCUT2D eigenvalue weighted by Crippen LogP contribution is 2.21. The minimum atomic E-state index is -0.525. The van der Waals surface area contributed by atoms with Crippen molar-refractivity contribution in [2.45, 2.75) is 39.9 Å². The number of aromatic nitrogens is 1. The van der Waals surface area contributed by atoms with Gasteiger partial charge in [-0.2, -0.15) is 0 Å². The molecule has 6 heteroatoms. The molecule has 1 amide bonds. The molecule has 0 saturated carbocycles. The van der Waals surface area contributed by atoms with Gasteiger partial charge >= 0.3 is 6.09 Å². The molecule has 6 nitrogen and oxygen atoms in total. The molecule has 0 unspecified atom stereocenters. The van der Waals surface area contributed by atoms with Crippen molar-refractivity contribution in [2.24, 2.45) is 0 Å². The van der Waals surface area contributed by atoms with Crippen molar-refractivity contribution >= 4 is 11.8 Å². The highest BCUT2D eigenvalue weighted by molar-refractivity contribution is 5.87. The van der Waals surface area contributed by atoms with Crippen LogP contribution in [0.5, 0.6) is 5.75 Å². The second-order valence-electron chi connectivity index (χ2n) is 6.19. The normalized spacial score (nSPS) is 11.2. The highest BCUT2D eigenvalue weighted by Gasteiger charge is 2.20. The van der Waals surface area contributed by atoms with Gasteiger partial charge in [-0.1, -0.05) is 0 Å². The van der Waals surface area contributed by atoms with Gasteiger partial charge in [-0.3, -0.25) is 4.90 Å². The lowest BCUT2D eigenvalue weighted by molar-refractivity contribution is 0.0589. The number of benzene rings is 1. The Hall–Kier alpha value is -2.50. The SMILES string of the molecule is Cc1cnc(COc2ccc(N(C)C(=O)OC(C)(C)C)cc2)o1. The summed E-state index contributed by atoms with van der Waals surface area (Å²) in [5.74, 6) is 1.94. The molecule has 1 heterocycles. The Bertz CT molecular complexity index is 656. The van der Waals surface area contributed by atoms with E-state index in [9.17, 15) is 4.79 Å². The number of hydrogen-bond donors (Lipinski definition) is 0. The first kappa shape index (κ1) is 16.9. The second kappa shape index (κ2) is 6.73. The smallest absolute Gasteiger partial charge is 0.414 e. The molecule has 0 aliphatic rings. The first-order valence-electron chi connectivity index (χ1n) is 7.35. The van der Waals surface area contributed by atoms with Gasteiger partial charge in [-0.15, -0.1) is 0 Å². The van der Waals surface area contributed by atoms with Gasteiger partial charge in [0.1, 0.15) is 17.1 Å². The number of ether oxygens (including phenoxy) is 2. The van der Waals surface area contributed by atoms with E-state index in [2.05, 4.69) is 4.98 Å². The minimum Gasteiger partial charge on any atom is -0.484 e. The molecule has 0 aliphatic heterocycles. The molecule has 0 spiro atoms. The van der Waals surface area contributed by atoms with Crippen LogP contribution in [0, 0.1) is 6.92 Å². The van der Waals surface area contributed by atoms with E-state index < -0.39 is 11.7 Å². The van der Waals surface area contributed by atoms with Gasteiger partial charge in [0.15, 0.2) is 6.61 Å². The molecular weight excluding hydrogens is 296 g/mol. The molecule has 0 atom stereocenters. The van der Waals surface area contributed by atoms with Crippen molar-refractivity contribution in [1.29, 1.82) is 0 Å². The molecule has 0 radical (unpaired) electrons. The van der Waals surface area contributed by atoms with Gasteiger partial charge in [-0.25, -0.2) is 9.78 Å². The number of carbonyl (C=O) groups is 1. The van der Waals surface area contributed by atoms with E-state index in [1.165, 1.54) is 4.90 Å². The van der Waals surface area contributed by atoms with Gasteiger partial charge < -0.3 is 13.9 Å². The summed E-state index contributed by atoms with van der Waals surface area (Å²) in [7, 11) is 1.67. The number of carbonyl (C=O) groups excluding carboxylic acids is 1. The predicted octanol–water partition coefficient (Wildman–Crippen LogP) is 3.93. The molecule has 0 fully saturated rings. The summed E-state index contributed by atoms with van der Waals surface area (Å²) in [6.07, 6.45) is 1.25. The predicted molar refractivity (Wildman–Crippen MR) is 86.7 cm³/mol. The molecule has 0 aliphatic carbocycles. The van der Waals surface area contributed by atoms with Crippen molar-refractivity contribution in [3.05, 3.63) is 42.1 Å². The average Bonchev–Trinajstić information content (AvgIpc) is 2.89. The van der Waals surface area contributed by atoms with E-state index in [-0.39, 0.29) is 6.61 Å². The number of amides is 1. The Labute approximate surface area is 136 Å². The lowest BCUT2D eigenvalue weighted by Crippen LogP contribution is -2.34. The lowest BCUT2D eigenvalue weighted by atomic mass is 10.2. The molecule has 2 rings (SSSR count). The third kappa shape index (κ3) is 5.02. The van der Waals surface area contributed by atoms with E-state index in [0.29, 0.717) is 11.6 Å². The number of rotatable bonds is 4. The maximum Gasteiger partial charge on any atom is 0.414 e. The number of hydrogen-bond acceptors (Lipinski definition) is 5. The number of aryl methyl sites for hydroxylation is 1. The van der Waals surface area contributed by atoms with Crippen molar-refractivity contribution in [3.8, 4) is 5.75 Å². The summed E-state index contributed by atoms with van der Waals surface area (Å²) < 4.78 is 16.3. The molecule has 23 heavy (non-hydrogen) atoms. The summed E-state index contributed by atoms with van der Waals surface area (Å²) in [5, 5.41) is 0. The van der Waals surface area contributed by atoms with Gasteiger partial charge in [0.2, 0.25) is 5.89 Å². The van der Waals surface area contributed by atoms with Crippen LogP contribution in [0.3, 0.4) is 0 Å². The summed E-state index contributed by atoms with van der Waals surface area (Å²) in [6, 6.07) is 7.15. The first-order chi connectivity index (χ1) is 10.7. The number of nitrogens with zero attached hydrogens (tertiary/aromatic N) is 2. The highest BCUT2D eigenvalue weighted by atomic mass is 16.6. The van der Waals surface area contributed by atoms with Gasteiger partial charge in [0, 0.05) is 12.7 Å². The molecule has 1 aromatic carbocycles. The first-order valence-corrected chi connectivity index (χ1v) is 7.35. The zero-order valence-electron chi connectivity index (χ0n) is 14.1. The molecule has 0 bridgehead atoms. The van der Waals surface area contributed by atoms with Crippen molar-refractivity contribution < 1.29 is 18.7 Å². The quantitative estimate of drug-likeness (QED) is 0.854. The molecule has 2 aromatic rings. The van der Waals surface area contributed by atoms with Crippen LogP contribution >= 0.6 is 0 Å². The maximum absolute atomic E-state index is 12.0. The fourth-order valence-electron chi connectivity index (χ4n) is 1.82. The number of oxazole rings is 1.